The fraction of sp³-hybridized carbons (Fsp3) is 0.500. The molecule has 0 unspecified atom stereocenters. The number of aliphatic hydroxyl groups is 1. The van der Waals surface area contributed by atoms with Gasteiger partial charge in [-0.2, -0.15) is 0 Å². The first-order chi connectivity index (χ1) is 8.08. The Hall–Kier alpha value is -1.62. The Bertz CT molecular complexity index is 365. The zero-order valence-electron chi connectivity index (χ0n) is 10.3. The molecule has 0 aliphatic rings. The van der Waals surface area contributed by atoms with Crippen LogP contribution in [-0.2, 0) is 4.79 Å². The fourth-order valence-electron chi connectivity index (χ4n) is 1.56. The smallest absolute Gasteiger partial charge is 0.236 e. The highest BCUT2D eigenvalue weighted by Gasteiger charge is 2.10. The van der Waals surface area contributed by atoms with Crippen molar-refractivity contribution in [3.63, 3.8) is 0 Å². The second kappa shape index (κ2) is 6.20. The number of hydrogen-bond acceptors (Lipinski definition) is 4. The highest BCUT2D eigenvalue weighted by atomic mass is 16.3. The lowest BCUT2D eigenvalue weighted by molar-refractivity contribution is -0.116. The topological polar surface area (TPSA) is 79.5 Å². The normalized spacial score (nSPS) is 12.2. The number of anilines is 1. The molecule has 0 aliphatic heterocycles. The third-order valence-corrected chi connectivity index (χ3v) is 2.59. The van der Waals surface area contributed by atoms with Crippen LogP contribution in [0.3, 0.4) is 0 Å². The number of primary amides is 1. The van der Waals surface area contributed by atoms with Gasteiger partial charge < -0.3 is 15.7 Å². The third-order valence-electron chi connectivity index (χ3n) is 2.59. The predicted molar refractivity (Wildman–Crippen MR) is 66.6 cm³/mol. The predicted octanol–water partition coefficient (Wildman–Crippen LogP) is 0.837. The Labute approximate surface area is 101 Å². The standard InChI is InChI=1S/C12H19N3O2/c1-3-11(16)10-6-5-9(7-14-10)15(4-2)8-12(13)17/h5-7,11,16H,3-4,8H2,1-2H3,(H2,13,17)/t11-/m1/s1. The Balaban J connectivity index is 2.81. The minimum Gasteiger partial charge on any atom is -0.387 e. The molecule has 0 aliphatic carbocycles. The first-order valence-corrected chi connectivity index (χ1v) is 5.75. The average molecular weight is 237 g/mol. The SMILES string of the molecule is CC[C@@H](O)c1ccc(N(CC)CC(N)=O)cn1. The largest absolute Gasteiger partial charge is 0.387 e. The molecule has 1 rings (SSSR count). The number of pyridine rings is 1. The van der Waals surface area contributed by atoms with E-state index >= 15 is 0 Å². The molecule has 0 saturated carbocycles. The molecule has 0 fully saturated rings. The number of amides is 1. The summed E-state index contributed by atoms with van der Waals surface area (Å²) in [5.41, 5.74) is 6.64. The summed E-state index contributed by atoms with van der Waals surface area (Å²) in [7, 11) is 0. The summed E-state index contributed by atoms with van der Waals surface area (Å²) < 4.78 is 0. The lowest BCUT2D eigenvalue weighted by Crippen LogP contribution is -2.33. The van der Waals surface area contributed by atoms with Crippen LogP contribution in [0.15, 0.2) is 18.3 Å². The molecule has 1 atom stereocenters. The van der Waals surface area contributed by atoms with E-state index in [1.54, 1.807) is 12.3 Å². The first-order valence-electron chi connectivity index (χ1n) is 5.75. The summed E-state index contributed by atoms with van der Waals surface area (Å²) in [6.07, 6.45) is 1.75. The van der Waals surface area contributed by atoms with Gasteiger partial charge in [0.05, 0.1) is 30.2 Å². The van der Waals surface area contributed by atoms with Gasteiger partial charge in [0.1, 0.15) is 0 Å². The van der Waals surface area contributed by atoms with Crippen molar-refractivity contribution in [2.24, 2.45) is 5.73 Å². The van der Waals surface area contributed by atoms with E-state index < -0.39 is 6.10 Å². The van der Waals surface area contributed by atoms with Crippen LogP contribution in [0.1, 0.15) is 32.1 Å². The first kappa shape index (κ1) is 13.4. The van der Waals surface area contributed by atoms with Crippen molar-refractivity contribution in [3.8, 4) is 0 Å². The number of hydrogen-bond donors (Lipinski definition) is 2. The molecular weight excluding hydrogens is 218 g/mol. The number of nitrogens with zero attached hydrogens (tertiary/aromatic N) is 2. The molecule has 17 heavy (non-hydrogen) atoms. The molecule has 0 saturated heterocycles. The molecule has 1 amide bonds. The van der Waals surface area contributed by atoms with Crippen LogP contribution in [0.4, 0.5) is 5.69 Å². The second-order valence-electron chi connectivity index (χ2n) is 3.85. The Kier molecular flexibility index (Phi) is 4.90. The molecule has 94 valence electrons. The second-order valence-corrected chi connectivity index (χ2v) is 3.85. The fourth-order valence-corrected chi connectivity index (χ4v) is 1.56. The highest BCUT2D eigenvalue weighted by Crippen LogP contribution is 2.17. The van der Waals surface area contributed by atoms with E-state index in [0.29, 0.717) is 18.7 Å². The minimum atomic E-state index is -0.532. The van der Waals surface area contributed by atoms with Crippen LogP contribution in [0.5, 0.6) is 0 Å². The van der Waals surface area contributed by atoms with E-state index in [1.165, 1.54) is 0 Å². The van der Waals surface area contributed by atoms with Gasteiger partial charge in [0.2, 0.25) is 5.91 Å². The van der Waals surface area contributed by atoms with E-state index in [-0.39, 0.29) is 12.5 Å². The maximum atomic E-state index is 10.9. The maximum absolute atomic E-state index is 10.9. The molecule has 5 heteroatoms. The zero-order chi connectivity index (χ0) is 12.8. The van der Waals surface area contributed by atoms with Crippen LogP contribution < -0.4 is 10.6 Å². The van der Waals surface area contributed by atoms with Gasteiger partial charge in [0, 0.05) is 6.54 Å². The van der Waals surface area contributed by atoms with Crippen LogP contribution in [0.2, 0.25) is 0 Å². The average Bonchev–Trinajstić information content (AvgIpc) is 2.35. The molecule has 3 N–H and O–H groups in total. The lowest BCUT2D eigenvalue weighted by atomic mass is 10.2. The number of nitrogens with two attached hydrogens (primary N) is 1. The van der Waals surface area contributed by atoms with Crippen molar-refractivity contribution in [3.05, 3.63) is 24.0 Å². The van der Waals surface area contributed by atoms with Gasteiger partial charge in [-0.25, -0.2) is 0 Å². The zero-order valence-corrected chi connectivity index (χ0v) is 10.3. The number of carbonyl (C=O) groups is 1. The van der Waals surface area contributed by atoms with Crippen molar-refractivity contribution in [1.82, 2.24) is 4.98 Å². The van der Waals surface area contributed by atoms with Gasteiger partial charge in [0.25, 0.3) is 0 Å². The van der Waals surface area contributed by atoms with Crippen LogP contribution in [0.25, 0.3) is 0 Å². The van der Waals surface area contributed by atoms with Gasteiger partial charge in [-0.15, -0.1) is 0 Å². The van der Waals surface area contributed by atoms with E-state index in [4.69, 9.17) is 5.73 Å². The molecule has 0 aromatic carbocycles. The van der Waals surface area contributed by atoms with Crippen LogP contribution in [-0.4, -0.2) is 29.1 Å². The number of carbonyl (C=O) groups excluding carboxylic acids is 1. The molecule has 1 aromatic heterocycles. The third kappa shape index (κ3) is 3.71. The minimum absolute atomic E-state index is 0.174. The van der Waals surface area contributed by atoms with Crippen molar-refractivity contribution in [2.75, 3.05) is 18.0 Å². The van der Waals surface area contributed by atoms with Gasteiger partial charge in [-0.05, 0) is 25.5 Å². The van der Waals surface area contributed by atoms with Crippen molar-refractivity contribution in [1.29, 1.82) is 0 Å². The van der Waals surface area contributed by atoms with E-state index in [2.05, 4.69) is 4.98 Å². The van der Waals surface area contributed by atoms with Gasteiger partial charge in [0.15, 0.2) is 0 Å². The summed E-state index contributed by atoms with van der Waals surface area (Å²) in [6.45, 7) is 4.69. The van der Waals surface area contributed by atoms with Gasteiger partial charge in [-0.3, -0.25) is 9.78 Å². The molecule has 0 radical (unpaired) electrons. The number of aromatic nitrogens is 1. The molecule has 1 heterocycles. The number of likely N-dealkylation sites (N-methyl/N-ethyl adjacent to an activating group) is 1. The molecular formula is C12H19N3O2. The molecule has 0 bridgehead atoms. The monoisotopic (exact) mass is 237 g/mol. The number of rotatable bonds is 6. The highest BCUT2D eigenvalue weighted by molar-refractivity contribution is 5.79. The molecule has 5 nitrogen and oxygen atoms in total. The van der Waals surface area contributed by atoms with Crippen molar-refractivity contribution >= 4 is 11.6 Å². The Morgan fingerprint density at radius 2 is 2.24 bits per heavy atom. The van der Waals surface area contributed by atoms with Crippen LogP contribution in [0, 0.1) is 0 Å². The Morgan fingerprint density at radius 1 is 1.53 bits per heavy atom. The van der Waals surface area contributed by atoms with Crippen LogP contribution >= 0.6 is 0 Å². The summed E-state index contributed by atoms with van der Waals surface area (Å²) in [5.74, 6) is -0.371. The maximum Gasteiger partial charge on any atom is 0.236 e. The lowest BCUT2D eigenvalue weighted by Gasteiger charge is -2.21. The summed E-state index contributed by atoms with van der Waals surface area (Å²) in [4.78, 5) is 16.9. The summed E-state index contributed by atoms with van der Waals surface area (Å²) in [6, 6.07) is 3.61. The van der Waals surface area contributed by atoms with E-state index in [1.807, 2.05) is 24.8 Å². The van der Waals surface area contributed by atoms with Gasteiger partial charge in [-0.1, -0.05) is 6.92 Å². The molecule has 0 spiro atoms. The Morgan fingerprint density at radius 3 is 2.65 bits per heavy atom. The van der Waals surface area contributed by atoms with Crippen molar-refractivity contribution < 1.29 is 9.90 Å². The summed E-state index contributed by atoms with van der Waals surface area (Å²) >= 11 is 0. The van der Waals surface area contributed by atoms with E-state index in [9.17, 15) is 9.90 Å². The van der Waals surface area contributed by atoms with E-state index in [0.717, 1.165) is 5.69 Å². The van der Waals surface area contributed by atoms with Crippen molar-refractivity contribution in [2.45, 2.75) is 26.4 Å². The molecule has 1 aromatic rings. The summed E-state index contributed by atoms with van der Waals surface area (Å²) in [5, 5.41) is 9.61. The number of aliphatic hydroxyl groups excluding tert-OH is 1. The van der Waals surface area contributed by atoms with Gasteiger partial charge >= 0.3 is 0 Å². The quantitative estimate of drug-likeness (QED) is 0.768.